The summed E-state index contributed by atoms with van der Waals surface area (Å²) in [6, 6.07) is 12.6. The van der Waals surface area contributed by atoms with Crippen LogP contribution in [0, 0.1) is 0 Å². The van der Waals surface area contributed by atoms with E-state index in [1.165, 1.54) is 12.1 Å². The molecule has 20 heteroatoms. The highest BCUT2D eigenvalue weighted by Gasteiger charge is 2.49. The number of hydrogen-bond donors (Lipinski definition) is 14. The second kappa shape index (κ2) is 15.5. The van der Waals surface area contributed by atoms with Crippen molar-refractivity contribution < 1.29 is 100 Å². The number of hydrogen-bond acceptors (Lipinski definition) is 20. The highest BCUT2D eigenvalue weighted by atomic mass is 16.6. The number of ether oxygens (including phenoxy) is 4. The van der Waals surface area contributed by atoms with Crippen LogP contribution in [0.4, 0.5) is 0 Å². The van der Waals surface area contributed by atoms with E-state index in [0.717, 1.165) is 66.7 Å². The van der Waals surface area contributed by atoms with E-state index >= 15 is 0 Å². The Bertz CT molecular complexity index is 2860. The molecule has 0 radical (unpaired) electrons. The Morgan fingerprint density at radius 1 is 0.469 bits per heavy atom. The van der Waals surface area contributed by atoms with Crippen molar-refractivity contribution in [3.8, 4) is 92.0 Å². The van der Waals surface area contributed by atoms with Gasteiger partial charge in [0.1, 0.15) is 40.6 Å². The molecule has 20 nitrogen and oxygen atoms in total. The fourth-order valence-electron chi connectivity index (χ4n) is 7.74. The van der Waals surface area contributed by atoms with Crippen LogP contribution in [0.2, 0.25) is 0 Å². The number of carbonyl (C=O) groups excluding carboxylic acids is 2. The smallest absolute Gasteiger partial charge is 0.338 e. The van der Waals surface area contributed by atoms with E-state index in [-0.39, 0.29) is 33.6 Å². The van der Waals surface area contributed by atoms with Gasteiger partial charge in [0.25, 0.3) is 0 Å². The molecule has 0 bridgehead atoms. The molecule has 6 aromatic carbocycles. The van der Waals surface area contributed by atoms with Crippen LogP contribution in [0.1, 0.15) is 66.7 Å². The van der Waals surface area contributed by atoms with Crippen LogP contribution < -0.4 is 9.47 Å². The molecule has 5 atom stereocenters. The molecule has 8 rings (SSSR count). The highest BCUT2D eigenvalue weighted by molar-refractivity contribution is 5.92. The molecule has 2 heterocycles. The third-order valence-corrected chi connectivity index (χ3v) is 10.7. The minimum Gasteiger partial charge on any atom is -0.508 e. The van der Waals surface area contributed by atoms with E-state index < -0.39 is 146 Å². The Balaban J connectivity index is 1.34. The van der Waals surface area contributed by atoms with Gasteiger partial charge >= 0.3 is 11.9 Å². The average Bonchev–Trinajstić information content (AvgIpc) is 3.23. The maximum atomic E-state index is 14.1. The molecule has 14 N–H and O–H groups in total. The minimum atomic E-state index is -1.85. The van der Waals surface area contributed by atoms with Crippen molar-refractivity contribution >= 4 is 11.9 Å². The van der Waals surface area contributed by atoms with Crippen molar-refractivity contribution in [1.29, 1.82) is 0 Å². The Morgan fingerprint density at radius 2 is 0.969 bits per heavy atom. The summed E-state index contributed by atoms with van der Waals surface area (Å²) in [6.45, 7) is 0. The van der Waals surface area contributed by atoms with Gasteiger partial charge in [-0.2, -0.15) is 0 Å². The van der Waals surface area contributed by atoms with Crippen LogP contribution in [0.3, 0.4) is 0 Å². The number of aromatic hydroxyl groups is 14. The van der Waals surface area contributed by atoms with Gasteiger partial charge in [-0.15, -0.1) is 0 Å². The predicted octanol–water partition coefficient (Wildman–Crippen LogP) is 4.96. The van der Waals surface area contributed by atoms with E-state index in [9.17, 15) is 81.1 Å². The summed E-state index contributed by atoms with van der Waals surface area (Å²) in [5.74, 6) is -15.6. The average molecular weight is 883 g/mol. The largest absolute Gasteiger partial charge is 0.508 e. The van der Waals surface area contributed by atoms with Crippen molar-refractivity contribution in [2.75, 3.05) is 0 Å². The summed E-state index contributed by atoms with van der Waals surface area (Å²) in [6.07, 6.45) is -6.98. The number of benzene rings is 6. The summed E-state index contributed by atoms with van der Waals surface area (Å²) < 4.78 is 24.6. The fourth-order valence-corrected chi connectivity index (χ4v) is 7.74. The van der Waals surface area contributed by atoms with E-state index in [2.05, 4.69) is 0 Å². The molecular formula is C44H34O20. The Hall–Kier alpha value is -8.94. The lowest BCUT2D eigenvalue weighted by Gasteiger charge is -2.42. The van der Waals surface area contributed by atoms with Crippen molar-refractivity contribution in [1.82, 2.24) is 0 Å². The number of phenols is 14. The first-order valence-corrected chi connectivity index (χ1v) is 18.7. The van der Waals surface area contributed by atoms with Gasteiger partial charge in [-0.05, 0) is 48.5 Å². The number of esters is 2. The number of fused-ring (bicyclic) bond motifs is 2. The van der Waals surface area contributed by atoms with Crippen LogP contribution in [0.15, 0.2) is 78.9 Å². The van der Waals surface area contributed by atoms with Crippen LogP contribution in [0.5, 0.6) is 92.0 Å². The van der Waals surface area contributed by atoms with Crippen LogP contribution in [-0.2, 0) is 15.9 Å². The molecule has 2 aliphatic heterocycles. The summed E-state index contributed by atoms with van der Waals surface area (Å²) in [5, 5.41) is 147. The monoisotopic (exact) mass is 882 g/mol. The minimum absolute atomic E-state index is 0.0106. The zero-order valence-corrected chi connectivity index (χ0v) is 32.3. The van der Waals surface area contributed by atoms with Crippen molar-refractivity contribution in [2.45, 2.75) is 36.8 Å². The van der Waals surface area contributed by atoms with Gasteiger partial charge in [0.15, 0.2) is 75.8 Å². The number of rotatable bonds is 7. The molecule has 0 spiro atoms. The topological polar surface area (TPSA) is 354 Å². The van der Waals surface area contributed by atoms with Crippen LogP contribution >= 0.6 is 0 Å². The Kier molecular flexibility index (Phi) is 10.1. The zero-order valence-electron chi connectivity index (χ0n) is 32.3. The predicted molar refractivity (Wildman–Crippen MR) is 213 cm³/mol. The molecule has 330 valence electrons. The first-order chi connectivity index (χ1) is 30.3. The first-order valence-electron chi connectivity index (χ1n) is 18.7. The normalized spacial score (nSPS) is 18.7. The summed E-state index contributed by atoms with van der Waals surface area (Å²) in [5.41, 5.74) is -1.85. The fraction of sp³-hybridized carbons (Fsp3) is 0.136. The SMILES string of the molecule is O=C(O[C@H]1[C@@H](c2c(O)cc(O)c3c2O[C@H](c2ccc(O)c(O)c2)[C@@H](OC(=O)c2cc(O)c(O)c(O)c2)C3)c2c(O)cc(O)cc2O[C@@H]1c1ccc(O)c(O)c1)c1cc(O)c(O)c(O)c1. The standard InChI is InChI=1S/C44H34O20/c45-19-11-26(51)34-32(12-19)61-40(16-2-4-22(47)25(50)6-16)42(64-44(60)18-9-30(55)38(58)31(56)10-18)36(34)35-27(52)14-23(48)20-13-33(62-43(59)17-7-28(53)37(57)29(54)8-17)39(63-41(20)35)15-1-3-21(46)24(49)5-15/h1-12,14,33,36,39-40,42,45-58H,13H2/t33-,36+,39+,40+,42-/m0/s1. The van der Waals surface area contributed by atoms with Gasteiger partial charge < -0.3 is 90.4 Å². The molecule has 0 aliphatic carbocycles. The number of phenolic OH excluding ortho intramolecular Hbond substituents is 14. The Morgan fingerprint density at radius 3 is 1.50 bits per heavy atom. The van der Waals surface area contributed by atoms with E-state index in [4.69, 9.17) is 18.9 Å². The lowest BCUT2D eigenvalue weighted by molar-refractivity contribution is -0.0303. The molecule has 2 aliphatic rings. The van der Waals surface area contributed by atoms with Gasteiger partial charge in [0.05, 0.1) is 17.0 Å². The van der Waals surface area contributed by atoms with Gasteiger partial charge in [0.2, 0.25) is 0 Å². The molecule has 0 amide bonds. The van der Waals surface area contributed by atoms with Gasteiger partial charge in [-0.25, -0.2) is 9.59 Å². The maximum Gasteiger partial charge on any atom is 0.338 e. The molecule has 0 unspecified atom stereocenters. The van der Waals surface area contributed by atoms with E-state index in [0.29, 0.717) is 0 Å². The third kappa shape index (κ3) is 7.23. The van der Waals surface area contributed by atoms with E-state index in [1.807, 2.05) is 0 Å². The lowest BCUT2D eigenvalue weighted by Crippen LogP contribution is -2.40. The van der Waals surface area contributed by atoms with Crippen LogP contribution in [-0.4, -0.2) is 95.6 Å². The van der Waals surface area contributed by atoms with Gasteiger partial charge in [-0.1, -0.05) is 12.1 Å². The Labute approximate surface area is 358 Å². The molecular weight excluding hydrogens is 848 g/mol. The van der Waals surface area contributed by atoms with Gasteiger partial charge in [-0.3, -0.25) is 0 Å². The van der Waals surface area contributed by atoms with Crippen molar-refractivity contribution in [3.63, 3.8) is 0 Å². The summed E-state index contributed by atoms with van der Waals surface area (Å²) in [4.78, 5) is 27.6. The lowest BCUT2D eigenvalue weighted by atomic mass is 9.77. The first kappa shape index (κ1) is 41.8. The quantitative estimate of drug-likeness (QED) is 0.0744. The number of carbonyl (C=O) groups is 2. The molecule has 0 saturated carbocycles. The second-order valence-electron chi connectivity index (χ2n) is 14.8. The molecule has 0 saturated heterocycles. The van der Waals surface area contributed by atoms with Crippen LogP contribution in [0.25, 0.3) is 0 Å². The molecule has 64 heavy (non-hydrogen) atoms. The third-order valence-electron chi connectivity index (χ3n) is 10.7. The zero-order chi connectivity index (χ0) is 46.0. The second-order valence-corrected chi connectivity index (χ2v) is 14.8. The summed E-state index contributed by atoms with van der Waals surface area (Å²) in [7, 11) is 0. The van der Waals surface area contributed by atoms with Crippen molar-refractivity contribution in [2.24, 2.45) is 0 Å². The maximum absolute atomic E-state index is 14.1. The van der Waals surface area contributed by atoms with E-state index in [1.54, 1.807) is 0 Å². The molecule has 6 aromatic rings. The van der Waals surface area contributed by atoms with Gasteiger partial charge in [0, 0.05) is 52.4 Å². The summed E-state index contributed by atoms with van der Waals surface area (Å²) >= 11 is 0. The highest BCUT2D eigenvalue weighted by Crippen LogP contribution is 2.58. The molecule has 0 fully saturated rings. The molecule has 0 aromatic heterocycles. The van der Waals surface area contributed by atoms with Crippen molar-refractivity contribution in [3.05, 3.63) is 118 Å².